The number of hydrogen-bond acceptors (Lipinski definition) is 5. The van der Waals surface area contributed by atoms with E-state index in [0.717, 1.165) is 50.5 Å². The van der Waals surface area contributed by atoms with Crippen molar-refractivity contribution in [3.8, 4) is 0 Å². The zero-order chi connectivity index (χ0) is 20.8. The molecule has 2 aliphatic heterocycles. The Morgan fingerprint density at radius 3 is 2.73 bits per heavy atom. The Labute approximate surface area is 176 Å². The average Bonchev–Trinajstić information content (AvgIpc) is 3.41. The lowest BCUT2D eigenvalue weighted by molar-refractivity contribution is 0.143. The number of fused-ring (bicyclic) bond motifs is 1. The molecule has 0 aromatic carbocycles. The second-order valence-electron chi connectivity index (χ2n) is 8.15. The number of likely N-dealkylation sites (tertiary alicyclic amines) is 1. The van der Waals surface area contributed by atoms with Crippen molar-refractivity contribution in [3.63, 3.8) is 0 Å². The molecule has 9 nitrogen and oxygen atoms in total. The lowest BCUT2D eigenvalue weighted by Crippen LogP contribution is -2.43. The van der Waals surface area contributed by atoms with Crippen molar-refractivity contribution in [2.24, 2.45) is 0 Å². The SMILES string of the molecule is O=C(NCCCn1nc2n(c1=O)CCCC2)NCC(c1ccco1)N1CCCCC1. The van der Waals surface area contributed by atoms with Crippen molar-refractivity contribution < 1.29 is 9.21 Å². The summed E-state index contributed by atoms with van der Waals surface area (Å²) in [4.78, 5) is 27.0. The molecule has 1 fully saturated rings. The van der Waals surface area contributed by atoms with Gasteiger partial charge < -0.3 is 15.1 Å². The van der Waals surface area contributed by atoms with Gasteiger partial charge in [0.25, 0.3) is 0 Å². The maximum Gasteiger partial charge on any atom is 0.345 e. The van der Waals surface area contributed by atoms with Crippen LogP contribution in [0.5, 0.6) is 0 Å². The minimum atomic E-state index is -0.194. The van der Waals surface area contributed by atoms with Gasteiger partial charge in [0.1, 0.15) is 11.6 Å². The van der Waals surface area contributed by atoms with Crippen molar-refractivity contribution in [1.29, 1.82) is 0 Å². The molecule has 0 radical (unpaired) electrons. The highest BCUT2D eigenvalue weighted by Gasteiger charge is 2.24. The van der Waals surface area contributed by atoms with Crippen LogP contribution < -0.4 is 16.3 Å². The number of hydrogen-bond donors (Lipinski definition) is 2. The highest BCUT2D eigenvalue weighted by molar-refractivity contribution is 5.73. The minimum absolute atomic E-state index is 0.0306. The number of nitrogens with zero attached hydrogens (tertiary/aromatic N) is 4. The van der Waals surface area contributed by atoms with E-state index < -0.39 is 0 Å². The quantitative estimate of drug-likeness (QED) is 0.641. The molecule has 0 aliphatic carbocycles. The van der Waals surface area contributed by atoms with Gasteiger partial charge in [-0.3, -0.25) is 9.47 Å². The number of piperidine rings is 1. The van der Waals surface area contributed by atoms with Crippen molar-refractivity contribution in [2.45, 2.75) is 64.1 Å². The Balaban J connectivity index is 1.21. The van der Waals surface area contributed by atoms with E-state index in [2.05, 4.69) is 20.6 Å². The Morgan fingerprint density at radius 1 is 1.13 bits per heavy atom. The number of furan rings is 1. The first-order valence-electron chi connectivity index (χ1n) is 11.2. The number of carbonyl (C=O) groups is 1. The van der Waals surface area contributed by atoms with Crippen molar-refractivity contribution >= 4 is 6.03 Å². The van der Waals surface area contributed by atoms with E-state index in [1.165, 1.54) is 23.9 Å². The Kier molecular flexibility index (Phi) is 6.88. The van der Waals surface area contributed by atoms with E-state index >= 15 is 0 Å². The fraction of sp³-hybridized carbons (Fsp3) is 0.667. The Morgan fingerprint density at radius 2 is 1.97 bits per heavy atom. The smallest absolute Gasteiger partial charge is 0.345 e. The maximum absolute atomic E-state index is 12.3. The lowest BCUT2D eigenvalue weighted by atomic mass is 10.1. The van der Waals surface area contributed by atoms with Crippen molar-refractivity contribution in [2.75, 3.05) is 26.2 Å². The first kappa shape index (κ1) is 20.7. The van der Waals surface area contributed by atoms with Gasteiger partial charge >= 0.3 is 11.7 Å². The molecule has 0 saturated carbocycles. The number of nitrogens with one attached hydrogen (secondary N) is 2. The maximum atomic E-state index is 12.3. The van der Waals surface area contributed by atoms with E-state index in [4.69, 9.17) is 4.42 Å². The molecule has 30 heavy (non-hydrogen) atoms. The number of amides is 2. The van der Waals surface area contributed by atoms with Crippen LogP contribution in [0.3, 0.4) is 0 Å². The van der Waals surface area contributed by atoms with Gasteiger partial charge in [0.2, 0.25) is 0 Å². The van der Waals surface area contributed by atoms with Crippen LogP contribution in [0.25, 0.3) is 0 Å². The topological polar surface area (TPSA) is 97.3 Å². The molecule has 9 heteroatoms. The Bertz CT molecular complexity index is 866. The van der Waals surface area contributed by atoms with Gasteiger partial charge in [0.15, 0.2) is 0 Å². The molecule has 4 rings (SSSR count). The highest BCUT2D eigenvalue weighted by Crippen LogP contribution is 2.24. The van der Waals surface area contributed by atoms with Crippen LogP contribution in [0.15, 0.2) is 27.6 Å². The van der Waals surface area contributed by atoms with E-state index in [0.29, 0.717) is 26.1 Å². The monoisotopic (exact) mass is 416 g/mol. The van der Waals surface area contributed by atoms with Crippen LogP contribution in [0.4, 0.5) is 4.79 Å². The normalized spacial score (nSPS) is 18.0. The summed E-state index contributed by atoms with van der Waals surface area (Å²) in [7, 11) is 0. The molecule has 164 valence electrons. The second kappa shape index (κ2) is 9.97. The van der Waals surface area contributed by atoms with Crippen molar-refractivity contribution in [3.05, 3.63) is 40.5 Å². The summed E-state index contributed by atoms with van der Waals surface area (Å²) in [5.41, 5.74) is -0.0306. The number of aromatic nitrogens is 3. The number of rotatable bonds is 8. The summed E-state index contributed by atoms with van der Waals surface area (Å²) in [6.45, 7) is 4.34. The first-order valence-corrected chi connectivity index (χ1v) is 11.2. The van der Waals surface area contributed by atoms with Gasteiger partial charge in [-0.1, -0.05) is 6.42 Å². The van der Waals surface area contributed by atoms with Gasteiger partial charge in [0.05, 0.1) is 12.3 Å². The molecular formula is C21H32N6O3. The summed E-state index contributed by atoms with van der Waals surface area (Å²) in [6, 6.07) is 3.73. The molecule has 1 atom stereocenters. The highest BCUT2D eigenvalue weighted by atomic mass is 16.3. The third-order valence-electron chi connectivity index (χ3n) is 6.02. The summed E-state index contributed by atoms with van der Waals surface area (Å²) in [6.07, 6.45) is 8.97. The third kappa shape index (κ3) is 4.95. The molecule has 4 heterocycles. The number of urea groups is 1. The number of aryl methyl sites for hydroxylation is 2. The molecule has 1 saturated heterocycles. The molecule has 2 aromatic rings. The fourth-order valence-electron chi connectivity index (χ4n) is 4.40. The van der Waals surface area contributed by atoms with Crippen molar-refractivity contribution in [1.82, 2.24) is 29.9 Å². The van der Waals surface area contributed by atoms with Gasteiger partial charge in [-0.25, -0.2) is 14.3 Å². The van der Waals surface area contributed by atoms with E-state index in [9.17, 15) is 9.59 Å². The zero-order valence-corrected chi connectivity index (χ0v) is 17.5. The number of carbonyl (C=O) groups excluding carboxylic acids is 1. The van der Waals surface area contributed by atoms with Gasteiger partial charge in [0, 0.05) is 32.6 Å². The molecular weight excluding hydrogens is 384 g/mol. The Hall–Kier alpha value is -2.55. The van der Waals surface area contributed by atoms with Gasteiger partial charge in [-0.05, 0) is 57.3 Å². The van der Waals surface area contributed by atoms with E-state index in [1.54, 1.807) is 10.8 Å². The van der Waals surface area contributed by atoms with E-state index in [1.807, 2.05) is 12.1 Å². The molecule has 2 aliphatic rings. The minimum Gasteiger partial charge on any atom is -0.468 e. The molecule has 2 N–H and O–H groups in total. The van der Waals surface area contributed by atoms with E-state index in [-0.39, 0.29) is 17.8 Å². The summed E-state index contributed by atoms with van der Waals surface area (Å²) in [5, 5.41) is 10.3. The first-order chi connectivity index (χ1) is 14.7. The predicted molar refractivity (Wildman–Crippen MR) is 112 cm³/mol. The fourth-order valence-corrected chi connectivity index (χ4v) is 4.40. The molecule has 2 aromatic heterocycles. The predicted octanol–water partition coefficient (Wildman–Crippen LogP) is 1.89. The van der Waals surface area contributed by atoms with Crippen LogP contribution >= 0.6 is 0 Å². The van der Waals surface area contributed by atoms with Crippen LogP contribution in [0, 0.1) is 0 Å². The van der Waals surface area contributed by atoms with Gasteiger partial charge in [-0.2, -0.15) is 5.10 Å². The summed E-state index contributed by atoms with van der Waals surface area (Å²) < 4.78 is 8.93. The third-order valence-corrected chi connectivity index (χ3v) is 6.02. The lowest BCUT2D eigenvalue weighted by Gasteiger charge is -2.33. The molecule has 0 bridgehead atoms. The average molecular weight is 417 g/mol. The molecule has 2 amide bonds. The summed E-state index contributed by atoms with van der Waals surface area (Å²) in [5.74, 6) is 1.78. The summed E-state index contributed by atoms with van der Waals surface area (Å²) >= 11 is 0. The molecule has 0 spiro atoms. The molecule has 1 unspecified atom stereocenters. The standard InChI is InChI=1S/C21H32N6O3/c28-20(22-10-7-14-27-21(29)26-13-5-2-9-19(26)24-27)23-16-17(18-8-6-15-30-18)25-11-3-1-4-12-25/h6,8,15,17H,1-5,7,9-14,16H2,(H2,22,23,28). The zero-order valence-electron chi connectivity index (χ0n) is 17.5. The van der Waals surface area contributed by atoms with Gasteiger partial charge in [-0.15, -0.1) is 0 Å². The second-order valence-corrected chi connectivity index (χ2v) is 8.15. The van der Waals surface area contributed by atoms with Crippen LogP contribution in [-0.2, 0) is 19.5 Å². The van der Waals surface area contributed by atoms with Crippen LogP contribution in [0.2, 0.25) is 0 Å². The largest absolute Gasteiger partial charge is 0.468 e. The van der Waals surface area contributed by atoms with Crippen LogP contribution in [0.1, 0.15) is 56.2 Å². The van der Waals surface area contributed by atoms with Crippen LogP contribution in [-0.4, -0.2) is 51.5 Å².